The van der Waals surface area contributed by atoms with Gasteiger partial charge in [0.2, 0.25) is 5.78 Å². The average molecular weight is 131 g/mol. The Labute approximate surface area is 50.4 Å². The van der Waals surface area contributed by atoms with Gasteiger partial charge in [-0.2, -0.15) is 0 Å². The van der Waals surface area contributed by atoms with Crippen LogP contribution in [-0.2, 0) is 14.4 Å². The van der Waals surface area contributed by atoms with Crippen LogP contribution in [0.2, 0.25) is 0 Å². The van der Waals surface area contributed by atoms with Crippen LogP contribution in [0.3, 0.4) is 0 Å². The number of carbonyl (C=O) groups excluding carboxylic acids is 2. The Morgan fingerprint density at radius 1 is 1.44 bits per heavy atom. The Hall–Kier alpha value is -0.980. The molecule has 6 heteroatoms. The van der Waals surface area contributed by atoms with Crippen molar-refractivity contribution in [3.63, 3.8) is 0 Å². The van der Waals surface area contributed by atoms with E-state index in [0.717, 1.165) is 0 Å². The number of hydrogen-bond donors (Lipinski definition) is 3. The predicted molar refractivity (Wildman–Crippen MR) is 25.4 cm³/mol. The molecule has 0 atom stereocenters. The zero-order valence-corrected chi connectivity index (χ0v) is 4.43. The molecule has 0 unspecified atom stereocenters. The Balaban J connectivity index is 2.51. The van der Waals surface area contributed by atoms with Crippen molar-refractivity contribution < 1.29 is 14.4 Å². The van der Waals surface area contributed by atoms with Crippen molar-refractivity contribution in [2.24, 2.45) is 0 Å². The van der Waals surface area contributed by atoms with Crippen molar-refractivity contribution in [2.75, 3.05) is 6.61 Å². The van der Waals surface area contributed by atoms with Gasteiger partial charge in [0.15, 0.2) is 0 Å². The van der Waals surface area contributed by atoms with Crippen LogP contribution in [0.1, 0.15) is 0 Å². The van der Waals surface area contributed by atoms with Gasteiger partial charge in [-0.25, -0.2) is 0 Å². The van der Waals surface area contributed by atoms with Crippen molar-refractivity contribution in [1.29, 1.82) is 0 Å². The van der Waals surface area contributed by atoms with E-state index in [4.69, 9.17) is 0 Å². The van der Waals surface area contributed by atoms with Crippen molar-refractivity contribution in [3.05, 3.63) is 0 Å². The normalized spacial score (nSPS) is 20.9. The number of nitrogens with one attached hydrogen (secondary N) is 3. The number of Topliss-reactive ketones (excluding diaryl/α,β-unsaturated/α-hetero) is 1. The molecule has 1 aliphatic heterocycles. The van der Waals surface area contributed by atoms with Crippen LogP contribution in [0.15, 0.2) is 0 Å². The molecule has 0 aromatic heterocycles. The third-order valence-corrected chi connectivity index (χ3v) is 0.756. The van der Waals surface area contributed by atoms with Gasteiger partial charge in [0.25, 0.3) is 0 Å². The largest absolute Gasteiger partial charge is 0.305 e. The molecule has 50 valence electrons. The Bertz CT molecular complexity index is 129. The monoisotopic (exact) mass is 131 g/mol. The molecule has 0 radical (unpaired) electrons. The summed E-state index contributed by atoms with van der Waals surface area (Å²) in [6.07, 6.45) is 0. The molecular formula is C3H5N3O3. The van der Waals surface area contributed by atoms with Crippen LogP contribution in [0, 0.1) is 0 Å². The van der Waals surface area contributed by atoms with Crippen molar-refractivity contribution >= 4 is 11.7 Å². The van der Waals surface area contributed by atoms with E-state index in [0.29, 0.717) is 0 Å². The summed E-state index contributed by atoms with van der Waals surface area (Å²) < 4.78 is 0. The van der Waals surface area contributed by atoms with Crippen LogP contribution >= 0.6 is 0 Å². The van der Waals surface area contributed by atoms with Gasteiger partial charge in [0.05, 0.1) is 0 Å². The molecule has 1 heterocycles. The summed E-state index contributed by atoms with van der Waals surface area (Å²) in [4.78, 5) is 25.2. The third-order valence-electron chi connectivity index (χ3n) is 0.756. The van der Waals surface area contributed by atoms with Gasteiger partial charge in [-0.05, 0) is 0 Å². The van der Waals surface area contributed by atoms with Crippen molar-refractivity contribution in [2.45, 2.75) is 0 Å². The fourth-order valence-electron chi connectivity index (χ4n) is 0.355. The van der Waals surface area contributed by atoms with E-state index in [1.54, 1.807) is 0 Å². The lowest BCUT2D eigenvalue weighted by atomic mass is 10.4. The van der Waals surface area contributed by atoms with E-state index < -0.39 is 11.7 Å². The molecule has 1 aliphatic rings. The van der Waals surface area contributed by atoms with E-state index in [9.17, 15) is 9.59 Å². The highest BCUT2D eigenvalue weighted by atomic mass is 16.7. The molecule has 1 saturated heterocycles. The second-order valence-corrected chi connectivity index (χ2v) is 1.39. The lowest BCUT2D eigenvalue weighted by molar-refractivity contribution is -0.139. The lowest BCUT2D eigenvalue weighted by Gasteiger charge is -1.97. The van der Waals surface area contributed by atoms with Gasteiger partial charge in [0.1, 0.15) is 6.61 Å². The Morgan fingerprint density at radius 2 is 2.22 bits per heavy atom. The fourth-order valence-corrected chi connectivity index (χ4v) is 0.355. The zero-order chi connectivity index (χ0) is 6.69. The molecule has 1 fully saturated rings. The van der Waals surface area contributed by atoms with E-state index in [1.165, 1.54) is 0 Å². The summed E-state index contributed by atoms with van der Waals surface area (Å²) >= 11 is 0. The second-order valence-electron chi connectivity index (χ2n) is 1.39. The van der Waals surface area contributed by atoms with Gasteiger partial charge in [0, 0.05) is 0 Å². The van der Waals surface area contributed by atoms with Gasteiger partial charge in [-0.15, -0.1) is 11.1 Å². The first-order chi connectivity index (χ1) is 4.30. The maximum Gasteiger partial charge on any atom is 0.305 e. The molecule has 1 rings (SSSR count). The van der Waals surface area contributed by atoms with Crippen molar-refractivity contribution in [3.8, 4) is 0 Å². The van der Waals surface area contributed by atoms with Gasteiger partial charge >= 0.3 is 5.91 Å². The molecule has 0 aliphatic carbocycles. The van der Waals surface area contributed by atoms with E-state index in [2.05, 4.69) is 16.0 Å². The molecule has 0 spiro atoms. The SMILES string of the molecule is O=C1CONNNC1=O. The van der Waals surface area contributed by atoms with Crippen LogP contribution < -0.4 is 16.5 Å². The summed E-state index contributed by atoms with van der Waals surface area (Å²) in [6.45, 7) is -0.251. The molecule has 6 nitrogen and oxygen atoms in total. The number of hydrazine groups is 2. The standard InChI is InChI=1S/C3H5N3O3/c7-2-1-9-6-5-4-3(2)8/h5-6H,1H2,(H,4,8). The van der Waals surface area contributed by atoms with Gasteiger partial charge < -0.3 is 0 Å². The zero-order valence-electron chi connectivity index (χ0n) is 4.43. The first-order valence-electron chi connectivity index (χ1n) is 2.25. The van der Waals surface area contributed by atoms with E-state index in [-0.39, 0.29) is 6.61 Å². The second kappa shape index (κ2) is 2.53. The minimum Gasteiger partial charge on any atom is -0.286 e. The minimum absolute atomic E-state index is 0.251. The summed E-state index contributed by atoms with van der Waals surface area (Å²) in [7, 11) is 0. The fraction of sp³-hybridized carbons (Fsp3) is 0.333. The van der Waals surface area contributed by atoms with Crippen LogP contribution in [-0.4, -0.2) is 18.3 Å². The van der Waals surface area contributed by atoms with Gasteiger partial charge in [-0.1, -0.05) is 0 Å². The molecule has 9 heavy (non-hydrogen) atoms. The average Bonchev–Trinajstić information content (AvgIpc) is 1.99. The van der Waals surface area contributed by atoms with E-state index in [1.807, 2.05) is 5.43 Å². The number of ketones is 1. The summed E-state index contributed by atoms with van der Waals surface area (Å²) in [6, 6.07) is 0. The molecular weight excluding hydrogens is 126 g/mol. The number of amides is 1. The van der Waals surface area contributed by atoms with Crippen LogP contribution in [0.25, 0.3) is 0 Å². The highest BCUT2D eigenvalue weighted by Crippen LogP contribution is 1.75. The minimum atomic E-state index is -0.708. The Morgan fingerprint density at radius 3 is 3.00 bits per heavy atom. The number of hydrogen-bond acceptors (Lipinski definition) is 5. The molecule has 3 N–H and O–H groups in total. The Kier molecular flexibility index (Phi) is 1.73. The van der Waals surface area contributed by atoms with Crippen LogP contribution in [0.4, 0.5) is 0 Å². The maximum absolute atomic E-state index is 10.4. The first-order valence-corrected chi connectivity index (χ1v) is 2.25. The molecule has 0 aromatic carbocycles. The third kappa shape index (κ3) is 1.46. The highest BCUT2D eigenvalue weighted by molar-refractivity contribution is 6.36. The lowest BCUT2D eigenvalue weighted by Crippen LogP contribution is -2.44. The topological polar surface area (TPSA) is 79.5 Å². The summed E-state index contributed by atoms with van der Waals surface area (Å²) in [5.41, 5.74) is 6.26. The molecule has 0 aromatic rings. The highest BCUT2D eigenvalue weighted by Gasteiger charge is 2.15. The predicted octanol–water partition coefficient (Wildman–Crippen LogP) is -2.37. The summed E-state index contributed by atoms with van der Waals surface area (Å²) in [5.74, 6) is -1.33. The number of rotatable bonds is 0. The summed E-state index contributed by atoms with van der Waals surface area (Å²) in [5, 5.41) is 0. The number of carbonyl (C=O) groups is 2. The smallest absolute Gasteiger partial charge is 0.286 e. The quantitative estimate of drug-likeness (QED) is 0.320. The first kappa shape index (κ1) is 6.14. The van der Waals surface area contributed by atoms with Gasteiger partial charge in [-0.3, -0.25) is 19.9 Å². The molecule has 0 bridgehead atoms. The van der Waals surface area contributed by atoms with E-state index >= 15 is 0 Å². The maximum atomic E-state index is 10.4. The molecule has 0 saturated carbocycles. The molecule has 1 amide bonds. The van der Waals surface area contributed by atoms with Crippen molar-refractivity contribution in [1.82, 2.24) is 16.5 Å². The van der Waals surface area contributed by atoms with Crippen LogP contribution in [0.5, 0.6) is 0 Å².